The molecule has 3 heterocycles. The van der Waals surface area contributed by atoms with Gasteiger partial charge in [0.05, 0.1) is 18.1 Å². The average Bonchev–Trinajstić information content (AvgIpc) is 3.43. The highest BCUT2D eigenvalue weighted by atomic mass is 19.1. The summed E-state index contributed by atoms with van der Waals surface area (Å²) < 4.78 is 19.2. The van der Waals surface area contributed by atoms with E-state index in [2.05, 4.69) is 15.5 Å². The van der Waals surface area contributed by atoms with Gasteiger partial charge in [0.15, 0.2) is 0 Å². The molecule has 0 aromatic heterocycles. The molecule has 0 bridgehead atoms. The van der Waals surface area contributed by atoms with Gasteiger partial charge in [-0.15, -0.1) is 0 Å². The van der Waals surface area contributed by atoms with Gasteiger partial charge < -0.3 is 15.4 Å². The van der Waals surface area contributed by atoms with E-state index in [1.165, 1.54) is 12.1 Å². The molecule has 32 heavy (non-hydrogen) atoms. The number of rotatable bonds is 4. The smallest absolute Gasteiger partial charge is 0.338 e. The molecule has 2 aromatic carbocycles. The fraction of sp³-hybridized carbons (Fsp3) is 0.375. The van der Waals surface area contributed by atoms with Crippen LogP contribution in [0.3, 0.4) is 0 Å². The van der Waals surface area contributed by atoms with Gasteiger partial charge in [-0.2, -0.15) is 0 Å². The molecular weight excluding hydrogens is 413 g/mol. The van der Waals surface area contributed by atoms with Crippen LogP contribution < -0.4 is 10.6 Å². The van der Waals surface area contributed by atoms with E-state index < -0.39 is 23.2 Å². The highest BCUT2D eigenvalue weighted by Crippen LogP contribution is 2.55. The van der Waals surface area contributed by atoms with Crippen LogP contribution >= 0.6 is 0 Å². The van der Waals surface area contributed by atoms with Gasteiger partial charge >= 0.3 is 5.97 Å². The Morgan fingerprint density at radius 3 is 2.78 bits per heavy atom. The van der Waals surface area contributed by atoms with Crippen molar-refractivity contribution in [1.29, 1.82) is 0 Å². The Bertz CT molecular complexity index is 1100. The van der Waals surface area contributed by atoms with Gasteiger partial charge in [-0.1, -0.05) is 0 Å². The number of nitrogens with zero attached hydrogens (tertiary/aromatic N) is 1. The van der Waals surface area contributed by atoms with Crippen LogP contribution in [-0.4, -0.2) is 41.9 Å². The first-order chi connectivity index (χ1) is 15.4. The average molecular weight is 437 g/mol. The summed E-state index contributed by atoms with van der Waals surface area (Å²) in [5.74, 6) is -2.10. The SMILES string of the molecule is CCOC(=O)c1ccc(NC(=O)[C@H]2C[C@H]3CCCN3[C@]23C(=O)Nc2ccc(F)cc23)cc1. The van der Waals surface area contributed by atoms with E-state index in [1.54, 1.807) is 37.3 Å². The number of benzene rings is 2. The molecule has 7 nitrogen and oxygen atoms in total. The zero-order valence-electron chi connectivity index (χ0n) is 17.7. The summed E-state index contributed by atoms with van der Waals surface area (Å²) >= 11 is 0. The maximum atomic E-state index is 14.2. The first kappa shape index (κ1) is 20.6. The second-order valence-corrected chi connectivity index (χ2v) is 8.48. The molecule has 3 atom stereocenters. The molecule has 5 rings (SSSR count). The fourth-order valence-electron chi connectivity index (χ4n) is 5.53. The van der Waals surface area contributed by atoms with Crippen molar-refractivity contribution in [3.63, 3.8) is 0 Å². The predicted octanol–water partition coefficient (Wildman–Crippen LogP) is 3.27. The molecule has 166 valence electrons. The Morgan fingerprint density at radius 1 is 1.25 bits per heavy atom. The monoisotopic (exact) mass is 437 g/mol. The summed E-state index contributed by atoms with van der Waals surface area (Å²) in [6.07, 6.45) is 2.36. The number of ether oxygens (including phenoxy) is 1. The van der Waals surface area contributed by atoms with Gasteiger partial charge in [0.25, 0.3) is 0 Å². The second-order valence-electron chi connectivity index (χ2n) is 8.48. The lowest BCUT2D eigenvalue weighted by atomic mass is 9.78. The third kappa shape index (κ3) is 3.01. The predicted molar refractivity (Wildman–Crippen MR) is 116 cm³/mol. The Kier molecular flexibility index (Phi) is 4.97. The zero-order chi connectivity index (χ0) is 22.5. The van der Waals surface area contributed by atoms with Gasteiger partial charge in [-0.05, 0) is 75.2 Å². The lowest BCUT2D eigenvalue weighted by Gasteiger charge is -2.36. The van der Waals surface area contributed by atoms with Gasteiger partial charge in [-0.25, -0.2) is 9.18 Å². The lowest BCUT2D eigenvalue weighted by Crippen LogP contribution is -2.53. The van der Waals surface area contributed by atoms with Crippen molar-refractivity contribution in [3.05, 3.63) is 59.4 Å². The van der Waals surface area contributed by atoms with E-state index >= 15 is 0 Å². The number of hydrogen-bond donors (Lipinski definition) is 2. The van der Waals surface area contributed by atoms with Crippen molar-refractivity contribution in [2.75, 3.05) is 23.8 Å². The molecule has 2 fully saturated rings. The molecule has 0 radical (unpaired) electrons. The van der Waals surface area contributed by atoms with E-state index in [-0.39, 0.29) is 24.5 Å². The van der Waals surface area contributed by atoms with Gasteiger partial charge in [0.1, 0.15) is 11.4 Å². The zero-order valence-corrected chi connectivity index (χ0v) is 17.7. The summed E-state index contributed by atoms with van der Waals surface area (Å²) in [6.45, 7) is 2.70. The summed E-state index contributed by atoms with van der Waals surface area (Å²) in [7, 11) is 0. The van der Waals surface area contributed by atoms with Gasteiger partial charge in [-0.3, -0.25) is 14.5 Å². The van der Waals surface area contributed by atoms with Crippen molar-refractivity contribution >= 4 is 29.2 Å². The molecule has 3 aliphatic heterocycles. The Balaban J connectivity index is 1.47. The number of fused-ring (bicyclic) bond motifs is 4. The van der Waals surface area contributed by atoms with Crippen molar-refractivity contribution in [3.8, 4) is 0 Å². The molecular formula is C24H24FN3O4. The molecule has 2 N–H and O–H groups in total. The first-order valence-electron chi connectivity index (χ1n) is 10.9. The number of amides is 2. The molecule has 0 aliphatic carbocycles. The van der Waals surface area contributed by atoms with Crippen LogP contribution in [0.25, 0.3) is 0 Å². The summed E-state index contributed by atoms with van der Waals surface area (Å²) in [6, 6.07) is 10.8. The maximum Gasteiger partial charge on any atom is 0.338 e. The molecule has 2 aromatic rings. The first-order valence-corrected chi connectivity index (χ1v) is 10.9. The summed E-state index contributed by atoms with van der Waals surface area (Å²) in [5.41, 5.74) is 0.781. The molecule has 0 saturated carbocycles. The molecule has 2 amide bonds. The minimum atomic E-state index is -1.21. The van der Waals surface area contributed by atoms with Crippen LogP contribution in [0.4, 0.5) is 15.8 Å². The van der Waals surface area contributed by atoms with Crippen LogP contribution in [0.2, 0.25) is 0 Å². The minimum Gasteiger partial charge on any atom is -0.462 e. The number of esters is 1. The number of halogens is 1. The molecule has 3 aliphatic rings. The fourth-order valence-corrected chi connectivity index (χ4v) is 5.53. The van der Waals surface area contributed by atoms with E-state index in [0.717, 1.165) is 12.8 Å². The lowest BCUT2D eigenvalue weighted by molar-refractivity contribution is -0.135. The molecule has 0 unspecified atom stereocenters. The van der Waals surface area contributed by atoms with Crippen LogP contribution in [0, 0.1) is 11.7 Å². The number of carbonyl (C=O) groups is 3. The number of nitrogens with one attached hydrogen (secondary N) is 2. The topological polar surface area (TPSA) is 87.7 Å². The second kappa shape index (κ2) is 7.70. The van der Waals surface area contributed by atoms with E-state index in [0.29, 0.717) is 35.5 Å². The third-order valence-corrected chi connectivity index (χ3v) is 6.81. The quantitative estimate of drug-likeness (QED) is 0.717. The van der Waals surface area contributed by atoms with E-state index in [4.69, 9.17) is 4.74 Å². The Labute approximate surface area is 184 Å². The third-order valence-electron chi connectivity index (χ3n) is 6.81. The normalized spacial score (nSPS) is 26.0. The molecule has 8 heteroatoms. The van der Waals surface area contributed by atoms with Crippen LogP contribution in [-0.2, 0) is 19.9 Å². The van der Waals surface area contributed by atoms with Crippen LogP contribution in [0.1, 0.15) is 42.1 Å². The summed E-state index contributed by atoms with van der Waals surface area (Å²) in [4.78, 5) is 40.8. The maximum absolute atomic E-state index is 14.2. The Hall–Kier alpha value is -3.26. The van der Waals surface area contributed by atoms with E-state index in [9.17, 15) is 18.8 Å². The van der Waals surface area contributed by atoms with Crippen molar-refractivity contribution in [1.82, 2.24) is 4.90 Å². The minimum absolute atomic E-state index is 0.0944. The largest absolute Gasteiger partial charge is 0.462 e. The standard InChI is InChI=1S/C24H24FN3O4/c1-2-32-22(30)14-5-8-16(9-6-14)26-21(29)19-13-17-4-3-11-28(17)24(19)18-12-15(25)7-10-20(18)27-23(24)31/h5-10,12,17,19H,2-4,11,13H2,1H3,(H,26,29)(H,27,31)/t17-,19-,24+/m1/s1. The number of carbonyl (C=O) groups excluding carboxylic acids is 3. The van der Waals surface area contributed by atoms with Crippen molar-refractivity contribution in [2.24, 2.45) is 5.92 Å². The number of anilines is 2. The van der Waals surface area contributed by atoms with Crippen molar-refractivity contribution < 1.29 is 23.5 Å². The highest BCUT2D eigenvalue weighted by molar-refractivity contribution is 6.10. The summed E-state index contributed by atoms with van der Waals surface area (Å²) in [5, 5.41) is 5.77. The van der Waals surface area contributed by atoms with Crippen LogP contribution in [0.15, 0.2) is 42.5 Å². The Morgan fingerprint density at radius 2 is 2.03 bits per heavy atom. The number of hydrogen-bond acceptors (Lipinski definition) is 5. The molecule has 2 saturated heterocycles. The van der Waals surface area contributed by atoms with Gasteiger partial charge in [0, 0.05) is 23.0 Å². The molecule has 1 spiro atoms. The van der Waals surface area contributed by atoms with Crippen molar-refractivity contribution in [2.45, 2.75) is 37.8 Å². The van der Waals surface area contributed by atoms with Gasteiger partial charge in [0.2, 0.25) is 11.8 Å². The highest BCUT2D eigenvalue weighted by Gasteiger charge is 2.65. The van der Waals surface area contributed by atoms with E-state index in [1.807, 2.05) is 0 Å². The van der Waals surface area contributed by atoms with Crippen LogP contribution in [0.5, 0.6) is 0 Å².